The van der Waals surface area contributed by atoms with Gasteiger partial charge in [0, 0.05) is 18.0 Å². The summed E-state index contributed by atoms with van der Waals surface area (Å²) in [6.07, 6.45) is 4.00. The van der Waals surface area contributed by atoms with Gasteiger partial charge >= 0.3 is 5.97 Å². The maximum Gasteiger partial charge on any atom is 0.338 e. The summed E-state index contributed by atoms with van der Waals surface area (Å²) in [6, 6.07) is 11.3. The molecule has 0 heterocycles. The molecule has 0 fully saturated rings. The fourth-order valence-corrected chi connectivity index (χ4v) is 3.53. The van der Waals surface area contributed by atoms with Gasteiger partial charge in [-0.15, -0.1) is 0 Å². The number of benzene rings is 2. The Labute approximate surface area is 172 Å². The minimum Gasteiger partial charge on any atom is -0.490 e. The van der Waals surface area contributed by atoms with Crippen molar-refractivity contribution in [3.8, 4) is 17.2 Å². The molecular weight excluding hydrogens is 391 g/mol. The Kier molecular flexibility index (Phi) is 8.30. The van der Waals surface area contributed by atoms with E-state index in [1.165, 1.54) is 13.8 Å². The van der Waals surface area contributed by atoms with Gasteiger partial charge < -0.3 is 19.1 Å². The van der Waals surface area contributed by atoms with E-state index in [0.29, 0.717) is 28.1 Å². The van der Waals surface area contributed by atoms with Crippen molar-refractivity contribution in [1.29, 1.82) is 0 Å². The molecule has 2 unspecified atom stereocenters. The Morgan fingerprint density at radius 1 is 1.07 bits per heavy atom. The van der Waals surface area contributed by atoms with Crippen molar-refractivity contribution in [2.45, 2.75) is 45.6 Å². The molecule has 2 aromatic carbocycles. The number of esters is 1. The second-order valence-corrected chi connectivity index (χ2v) is 9.22. The Morgan fingerprint density at radius 3 is 2.28 bits per heavy atom. The average molecular weight is 420 g/mol. The van der Waals surface area contributed by atoms with Crippen molar-refractivity contribution in [1.82, 2.24) is 0 Å². The van der Waals surface area contributed by atoms with Gasteiger partial charge in [0.15, 0.2) is 0 Å². The number of hydrogen-bond donors (Lipinski definition) is 1. The maximum absolute atomic E-state index is 12.1. The molecule has 0 saturated carbocycles. The van der Waals surface area contributed by atoms with E-state index >= 15 is 0 Å². The summed E-state index contributed by atoms with van der Waals surface area (Å²) in [4.78, 5) is 21.7. The number of unbranched alkanes of at least 4 members (excludes halogenated alkanes) is 1. The zero-order chi connectivity index (χ0) is 21.4. The van der Waals surface area contributed by atoms with Crippen LogP contribution in [0.1, 0.15) is 49.9 Å². The van der Waals surface area contributed by atoms with E-state index in [1.54, 1.807) is 42.5 Å². The quantitative estimate of drug-likeness (QED) is 0.423. The van der Waals surface area contributed by atoms with Crippen LogP contribution in [0.15, 0.2) is 42.5 Å². The van der Waals surface area contributed by atoms with Crippen LogP contribution in [-0.4, -0.2) is 30.7 Å². The zero-order valence-corrected chi connectivity index (χ0v) is 18.3. The first kappa shape index (κ1) is 23.0. The van der Waals surface area contributed by atoms with Crippen LogP contribution >= 0.6 is 7.37 Å². The molecule has 7 heteroatoms. The predicted molar refractivity (Wildman–Crippen MR) is 114 cm³/mol. The summed E-state index contributed by atoms with van der Waals surface area (Å²) in [5.41, 5.74) is 0.329. The van der Waals surface area contributed by atoms with Gasteiger partial charge in [0.1, 0.15) is 17.2 Å². The summed E-state index contributed by atoms with van der Waals surface area (Å²) in [5.74, 6) is 0.957. The molecule has 0 radical (unpaired) electrons. The van der Waals surface area contributed by atoms with E-state index in [9.17, 15) is 14.3 Å². The molecule has 158 valence electrons. The first-order valence-corrected chi connectivity index (χ1v) is 11.9. The molecule has 0 saturated heterocycles. The van der Waals surface area contributed by atoms with Crippen molar-refractivity contribution < 1.29 is 28.5 Å². The van der Waals surface area contributed by atoms with E-state index in [0.717, 1.165) is 25.7 Å². The summed E-state index contributed by atoms with van der Waals surface area (Å²) in [6.45, 7) is 5.49. The highest BCUT2D eigenvalue weighted by Crippen LogP contribution is 2.35. The fourth-order valence-electron chi connectivity index (χ4n) is 2.83. The topological polar surface area (TPSA) is 82.1 Å². The molecule has 0 amide bonds. The third kappa shape index (κ3) is 6.91. The summed E-state index contributed by atoms with van der Waals surface area (Å²) < 4.78 is 28.5. The standard InChI is InChI=1S/C22H29O6P/c1-5-7-8-17(6-2)27-19-13-16(22(23)26-3)14-20(15-19)28-18-9-11-21(12-10-18)29(4,24)25/h9-15,17H,5-8H2,1-4H3,(H,24,25). The van der Waals surface area contributed by atoms with Crippen LogP contribution in [0.3, 0.4) is 0 Å². The van der Waals surface area contributed by atoms with Gasteiger partial charge in [-0.2, -0.15) is 0 Å². The van der Waals surface area contributed by atoms with Gasteiger partial charge in [0.2, 0.25) is 7.37 Å². The van der Waals surface area contributed by atoms with Crippen molar-refractivity contribution in [3.05, 3.63) is 48.0 Å². The van der Waals surface area contributed by atoms with Crippen LogP contribution in [-0.2, 0) is 9.30 Å². The second kappa shape index (κ2) is 10.5. The molecule has 2 aromatic rings. The number of carbonyl (C=O) groups excluding carboxylic acids is 1. The largest absolute Gasteiger partial charge is 0.490 e. The number of carbonyl (C=O) groups is 1. The van der Waals surface area contributed by atoms with Crippen molar-refractivity contribution in [3.63, 3.8) is 0 Å². The molecule has 0 spiro atoms. The van der Waals surface area contributed by atoms with Gasteiger partial charge in [-0.25, -0.2) is 4.79 Å². The predicted octanol–water partition coefficient (Wildman–Crippen LogP) is 5.14. The van der Waals surface area contributed by atoms with Gasteiger partial charge in [0.05, 0.1) is 18.8 Å². The van der Waals surface area contributed by atoms with Crippen LogP contribution in [0, 0.1) is 0 Å². The van der Waals surface area contributed by atoms with E-state index in [2.05, 4.69) is 13.8 Å². The van der Waals surface area contributed by atoms with E-state index < -0.39 is 13.3 Å². The monoisotopic (exact) mass is 420 g/mol. The first-order chi connectivity index (χ1) is 13.8. The average Bonchev–Trinajstić information content (AvgIpc) is 2.70. The normalized spacial score (nSPS) is 14.0. The Balaban J connectivity index is 2.28. The molecule has 6 nitrogen and oxygen atoms in total. The molecule has 2 rings (SSSR count). The second-order valence-electron chi connectivity index (χ2n) is 6.95. The number of hydrogen-bond acceptors (Lipinski definition) is 5. The van der Waals surface area contributed by atoms with Crippen molar-refractivity contribution in [2.24, 2.45) is 0 Å². The van der Waals surface area contributed by atoms with Crippen LogP contribution in [0.2, 0.25) is 0 Å². The van der Waals surface area contributed by atoms with Crippen LogP contribution < -0.4 is 14.8 Å². The SMILES string of the molecule is CCCCC(CC)Oc1cc(Oc2ccc(P(C)(=O)O)cc2)cc(C(=O)OC)c1. The van der Waals surface area contributed by atoms with E-state index in [1.807, 2.05) is 0 Å². The highest BCUT2D eigenvalue weighted by molar-refractivity contribution is 7.65. The molecular formula is C22H29O6P. The lowest BCUT2D eigenvalue weighted by Gasteiger charge is -2.18. The van der Waals surface area contributed by atoms with Crippen LogP contribution in [0.4, 0.5) is 0 Å². The van der Waals surface area contributed by atoms with Crippen molar-refractivity contribution >= 4 is 18.6 Å². The molecule has 29 heavy (non-hydrogen) atoms. The molecule has 2 atom stereocenters. The number of ether oxygens (including phenoxy) is 3. The summed E-state index contributed by atoms with van der Waals surface area (Å²) >= 11 is 0. The van der Waals surface area contributed by atoms with Gasteiger partial charge in [-0.05, 0) is 49.2 Å². The Morgan fingerprint density at radius 2 is 1.72 bits per heavy atom. The van der Waals surface area contributed by atoms with Gasteiger partial charge in [-0.3, -0.25) is 4.57 Å². The molecule has 0 aliphatic carbocycles. The highest BCUT2D eigenvalue weighted by atomic mass is 31.2. The number of rotatable bonds is 10. The molecule has 0 aromatic heterocycles. The molecule has 0 aliphatic heterocycles. The molecule has 0 aliphatic rings. The zero-order valence-electron chi connectivity index (χ0n) is 17.4. The maximum atomic E-state index is 12.1. The minimum absolute atomic E-state index is 0.0539. The van der Waals surface area contributed by atoms with Gasteiger partial charge in [-0.1, -0.05) is 26.7 Å². The minimum atomic E-state index is -3.32. The highest BCUT2D eigenvalue weighted by Gasteiger charge is 2.16. The van der Waals surface area contributed by atoms with E-state index in [4.69, 9.17) is 14.2 Å². The molecule has 0 bridgehead atoms. The lowest BCUT2D eigenvalue weighted by Crippen LogP contribution is -2.15. The van der Waals surface area contributed by atoms with Gasteiger partial charge in [0.25, 0.3) is 0 Å². The first-order valence-electron chi connectivity index (χ1n) is 9.75. The Bertz CT molecular complexity index is 856. The lowest BCUT2D eigenvalue weighted by atomic mass is 10.1. The van der Waals surface area contributed by atoms with Crippen molar-refractivity contribution in [2.75, 3.05) is 13.8 Å². The summed E-state index contributed by atoms with van der Waals surface area (Å²) in [7, 11) is -2.00. The van der Waals surface area contributed by atoms with E-state index in [-0.39, 0.29) is 6.10 Å². The summed E-state index contributed by atoms with van der Waals surface area (Å²) in [5, 5.41) is 0.346. The van der Waals surface area contributed by atoms with Crippen LogP contribution in [0.5, 0.6) is 17.2 Å². The smallest absolute Gasteiger partial charge is 0.338 e. The number of methoxy groups -OCH3 is 1. The lowest BCUT2D eigenvalue weighted by molar-refractivity contribution is 0.0599. The third-order valence-electron chi connectivity index (χ3n) is 4.49. The molecule has 1 N–H and O–H groups in total. The Hall–Kier alpha value is -2.30. The third-order valence-corrected chi connectivity index (χ3v) is 5.75. The van der Waals surface area contributed by atoms with Crippen LogP contribution in [0.25, 0.3) is 0 Å². The fraction of sp³-hybridized carbons (Fsp3) is 0.409.